The minimum atomic E-state index is 0.965. The Hall–Kier alpha value is -1.12. The molecule has 0 spiro atoms. The van der Waals surface area contributed by atoms with Gasteiger partial charge in [0.1, 0.15) is 0 Å². The van der Waals surface area contributed by atoms with Gasteiger partial charge in [0.25, 0.3) is 0 Å². The van der Waals surface area contributed by atoms with E-state index in [2.05, 4.69) is 35.3 Å². The van der Waals surface area contributed by atoms with E-state index in [1.54, 1.807) is 0 Å². The molecule has 3 nitrogen and oxygen atoms in total. The Morgan fingerprint density at radius 1 is 1.17 bits per heavy atom. The van der Waals surface area contributed by atoms with Gasteiger partial charge in [-0.3, -0.25) is 5.10 Å². The van der Waals surface area contributed by atoms with Crippen LogP contribution in [0.15, 0.2) is 17.8 Å². The summed E-state index contributed by atoms with van der Waals surface area (Å²) in [7, 11) is 0. The van der Waals surface area contributed by atoms with Crippen LogP contribution in [0, 0.1) is 0 Å². The van der Waals surface area contributed by atoms with Gasteiger partial charge in [0.15, 0.2) is 0 Å². The number of nitrogens with zero attached hydrogens (tertiary/aromatic N) is 2. The van der Waals surface area contributed by atoms with Crippen molar-refractivity contribution >= 4 is 0 Å². The molecule has 0 radical (unpaired) electrons. The van der Waals surface area contributed by atoms with E-state index in [4.69, 9.17) is 0 Å². The molecule has 18 heavy (non-hydrogen) atoms. The maximum Gasteiger partial charge on any atom is 0.0864 e. The molecule has 1 N–H and O–H groups in total. The summed E-state index contributed by atoms with van der Waals surface area (Å²) in [6.07, 6.45) is 15.6. The minimum absolute atomic E-state index is 0.965. The molecule has 0 atom stereocenters. The van der Waals surface area contributed by atoms with Crippen LogP contribution in [0.2, 0.25) is 0 Å². The van der Waals surface area contributed by atoms with Crippen LogP contribution in [0.3, 0.4) is 0 Å². The van der Waals surface area contributed by atoms with E-state index < -0.39 is 0 Å². The summed E-state index contributed by atoms with van der Waals surface area (Å²) in [6.45, 7) is 4.50. The highest BCUT2D eigenvalue weighted by Gasteiger charge is 2.02. The standard InChI is InChI=1S/C15H27N3/c1-3-5-7-9-11-14(10-8-6-4-2)12-15-13-16-18-17-15/h11,13H,3-10,12H2,1-2H3,(H,16,17,18). The highest BCUT2D eigenvalue weighted by Crippen LogP contribution is 2.15. The Morgan fingerprint density at radius 2 is 1.94 bits per heavy atom. The lowest BCUT2D eigenvalue weighted by molar-refractivity contribution is 0.690. The number of aromatic nitrogens is 3. The third kappa shape index (κ3) is 6.58. The number of hydrogen-bond acceptors (Lipinski definition) is 2. The second-order valence-electron chi connectivity index (χ2n) is 4.96. The SMILES string of the molecule is CCCCCC=C(CCCCC)Cc1c[nH]nn1. The lowest BCUT2D eigenvalue weighted by Crippen LogP contribution is -1.93. The zero-order chi connectivity index (χ0) is 13.1. The van der Waals surface area contributed by atoms with E-state index in [0.29, 0.717) is 0 Å². The van der Waals surface area contributed by atoms with Gasteiger partial charge in [-0.05, 0) is 25.7 Å². The van der Waals surface area contributed by atoms with Crippen molar-refractivity contribution in [1.82, 2.24) is 15.4 Å². The van der Waals surface area contributed by atoms with Gasteiger partial charge >= 0.3 is 0 Å². The van der Waals surface area contributed by atoms with E-state index in [1.807, 2.05) is 6.20 Å². The van der Waals surface area contributed by atoms with Crippen molar-refractivity contribution in [3.63, 3.8) is 0 Å². The molecule has 0 saturated heterocycles. The van der Waals surface area contributed by atoms with Crippen LogP contribution >= 0.6 is 0 Å². The fourth-order valence-corrected chi connectivity index (χ4v) is 2.11. The largest absolute Gasteiger partial charge is 0.265 e. The molecule has 0 amide bonds. The molecule has 3 heteroatoms. The Balaban J connectivity index is 2.40. The van der Waals surface area contributed by atoms with Crippen molar-refractivity contribution in [3.05, 3.63) is 23.5 Å². The van der Waals surface area contributed by atoms with Crippen LogP contribution in [-0.2, 0) is 6.42 Å². The molecule has 0 aromatic carbocycles. The van der Waals surface area contributed by atoms with E-state index in [-0.39, 0.29) is 0 Å². The number of rotatable bonds is 10. The first-order valence-corrected chi connectivity index (χ1v) is 7.40. The quantitative estimate of drug-likeness (QED) is 0.492. The Labute approximate surface area is 111 Å². The van der Waals surface area contributed by atoms with Gasteiger partial charge in [0, 0.05) is 12.6 Å². The molecule has 102 valence electrons. The van der Waals surface area contributed by atoms with Crippen LogP contribution in [-0.4, -0.2) is 15.4 Å². The molecular formula is C15H27N3. The third-order valence-electron chi connectivity index (χ3n) is 3.22. The number of aromatic amines is 1. The summed E-state index contributed by atoms with van der Waals surface area (Å²) in [4.78, 5) is 0. The summed E-state index contributed by atoms with van der Waals surface area (Å²) < 4.78 is 0. The first kappa shape index (κ1) is 14.9. The molecule has 0 saturated carbocycles. The lowest BCUT2D eigenvalue weighted by atomic mass is 10.0. The highest BCUT2D eigenvalue weighted by molar-refractivity contribution is 5.11. The normalized spacial score (nSPS) is 12.0. The molecule has 0 bridgehead atoms. The second-order valence-corrected chi connectivity index (χ2v) is 4.96. The van der Waals surface area contributed by atoms with E-state index in [0.717, 1.165) is 12.1 Å². The summed E-state index contributed by atoms with van der Waals surface area (Å²) in [5.74, 6) is 0. The Morgan fingerprint density at radius 3 is 2.61 bits per heavy atom. The second kappa shape index (κ2) is 9.86. The van der Waals surface area contributed by atoms with Crippen molar-refractivity contribution in [2.24, 2.45) is 0 Å². The van der Waals surface area contributed by atoms with Gasteiger partial charge in [0.2, 0.25) is 0 Å². The van der Waals surface area contributed by atoms with Gasteiger partial charge in [-0.2, -0.15) is 0 Å². The average Bonchev–Trinajstić information content (AvgIpc) is 2.87. The first-order valence-electron chi connectivity index (χ1n) is 7.40. The van der Waals surface area contributed by atoms with Crippen LogP contribution < -0.4 is 0 Å². The number of H-pyrrole nitrogens is 1. The van der Waals surface area contributed by atoms with Crippen LogP contribution in [0.25, 0.3) is 0 Å². The molecule has 0 aliphatic heterocycles. The predicted octanol–water partition coefficient (Wildman–Crippen LogP) is 4.43. The van der Waals surface area contributed by atoms with Gasteiger partial charge in [-0.25, -0.2) is 0 Å². The molecule has 1 heterocycles. The van der Waals surface area contributed by atoms with Gasteiger partial charge < -0.3 is 0 Å². The molecule has 0 fully saturated rings. The van der Waals surface area contributed by atoms with E-state index in [1.165, 1.54) is 56.9 Å². The van der Waals surface area contributed by atoms with Crippen LogP contribution in [0.1, 0.15) is 70.9 Å². The highest BCUT2D eigenvalue weighted by atomic mass is 15.3. The Bertz CT molecular complexity index is 314. The van der Waals surface area contributed by atoms with Crippen molar-refractivity contribution < 1.29 is 0 Å². The van der Waals surface area contributed by atoms with Crippen LogP contribution in [0.4, 0.5) is 0 Å². The van der Waals surface area contributed by atoms with E-state index >= 15 is 0 Å². The van der Waals surface area contributed by atoms with Crippen LogP contribution in [0.5, 0.6) is 0 Å². The predicted molar refractivity (Wildman–Crippen MR) is 76.5 cm³/mol. The molecule has 0 aliphatic carbocycles. The van der Waals surface area contributed by atoms with Crippen molar-refractivity contribution in [2.45, 2.75) is 71.6 Å². The topological polar surface area (TPSA) is 41.6 Å². The molecule has 0 aliphatic rings. The van der Waals surface area contributed by atoms with Crippen molar-refractivity contribution in [3.8, 4) is 0 Å². The number of unbranched alkanes of at least 4 members (excludes halogenated alkanes) is 5. The summed E-state index contributed by atoms with van der Waals surface area (Å²) in [6, 6.07) is 0. The molecule has 0 unspecified atom stereocenters. The van der Waals surface area contributed by atoms with Gasteiger partial charge in [-0.1, -0.05) is 56.4 Å². The van der Waals surface area contributed by atoms with Gasteiger partial charge in [-0.15, -0.1) is 5.10 Å². The number of allylic oxidation sites excluding steroid dienone is 2. The zero-order valence-electron chi connectivity index (χ0n) is 11.9. The molecule has 1 rings (SSSR count). The lowest BCUT2D eigenvalue weighted by Gasteiger charge is -2.05. The Kier molecular flexibility index (Phi) is 8.19. The first-order chi connectivity index (χ1) is 8.86. The van der Waals surface area contributed by atoms with Crippen molar-refractivity contribution in [1.29, 1.82) is 0 Å². The van der Waals surface area contributed by atoms with E-state index in [9.17, 15) is 0 Å². The molecular weight excluding hydrogens is 222 g/mol. The summed E-state index contributed by atoms with van der Waals surface area (Å²) in [5.41, 5.74) is 2.60. The minimum Gasteiger partial charge on any atom is -0.265 e. The zero-order valence-corrected chi connectivity index (χ0v) is 11.9. The maximum absolute atomic E-state index is 4.08. The summed E-state index contributed by atoms with van der Waals surface area (Å²) >= 11 is 0. The third-order valence-corrected chi connectivity index (χ3v) is 3.22. The smallest absolute Gasteiger partial charge is 0.0864 e. The molecule has 1 aromatic rings. The van der Waals surface area contributed by atoms with Crippen molar-refractivity contribution in [2.75, 3.05) is 0 Å². The maximum atomic E-state index is 4.08. The number of nitrogens with one attached hydrogen (secondary N) is 1. The fraction of sp³-hybridized carbons (Fsp3) is 0.733. The number of hydrogen-bond donors (Lipinski definition) is 1. The summed E-state index contributed by atoms with van der Waals surface area (Å²) in [5, 5.41) is 10.7. The fourth-order valence-electron chi connectivity index (χ4n) is 2.11. The average molecular weight is 249 g/mol. The van der Waals surface area contributed by atoms with Gasteiger partial charge in [0.05, 0.1) is 5.69 Å². The monoisotopic (exact) mass is 249 g/mol. The molecule has 1 aromatic heterocycles.